The first-order chi connectivity index (χ1) is 13.1. The minimum absolute atomic E-state index is 0.107. The first-order valence-corrected chi connectivity index (χ1v) is 10.3. The number of terminal acetylenes is 1. The molecule has 1 aliphatic carbocycles. The van der Waals surface area contributed by atoms with Crippen LogP contribution in [0.2, 0.25) is 0 Å². The van der Waals surface area contributed by atoms with Crippen molar-refractivity contribution in [3.63, 3.8) is 0 Å². The van der Waals surface area contributed by atoms with Gasteiger partial charge in [-0.15, -0.1) is 6.42 Å². The van der Waals surface area contributed by atoms with E-state index < -0.39 is 0 Å². The molecule has 0 saturated heterocycles. The fraction of sp³-hybridized carbons (Fsp3) is 0.476. The van der Waals surface area contributed by atoms with E-state index in [1.54, 1.807) is 19.1 Å². The maximum atomic E-state index is 12.4. The van der Waals surface area contributed by atoms with Gasteiger partial charge in [0.2, 0.25) is 5.91 Å². The molecule has 1 heterocycles. The van der Waals surface area contributed by atoms with Gasteiger partial charge in [-0.05, 0) is 37.5 Å². The number of rotatable bonds is 6. The van der Waals surface area contributed by atoms with Crippen LogP contribution in [0.15, 0.2) is 23.2 Å². The second-order valence-electron chi connectivity index (χ2n) is 6.77. The lowest BCUT2D eigenvalue weighted by Crippen LogP contribution is -2.16. The number of nitrogens with zero attached hydrogens (tertiary/aromatic N) is 2. The normalized spacial score (nSPS) is 15.2. The van der Waals surface area contributed by atoms with E-state index in [0.29, 0.717) is 35.9 Å². The highest BCUT2D eigenvalue weighted by Gasteiger charge is 2.16. The van der Waals surface area contributed by atoms with Crippen molar-refractivity contribution in [2.45, 2.75) is 52.0 Å². The summed E-state index contributed by atoms with van der Waals surface area (Å²) in [7, 11) is 0. The standard InChI is InChI=1S/C21H24N2O3S/c1-3-13-23-17-11-10-16(20(25)26-4-2)14-18(17)27-21(23)22-19(24)12-9-15-7-5-6-8-15/h1,10-11,14-15H,4-9,12-13H2,2H3. The lowest BCUT2D eigenvalue weighted by Gasteiger charge is -2.05. The Labute approximate surface area is 163 Å². The molecule has 6 heteroatoms. The molecule has 1 fully saturated rings. The minimum atomic E-state index is -0.359. The van der Waals surface area contributed by atoms with Crippen LogP contribution in [0.3, 0.4) is 0 Å². The Morgan fingerprint density at radius 2 is 2.15 bits per heavy atom. The van der Waals surface area contributed by atoms with Gasteiger partial charge in [-0.2, -0.15) is 4.99 Å². The van der Waals surface area contributed by atoms with E-state index in [9.17, 15) is 9.59 Å². The molecule has 2 aromatic rings. The summed E-state index contributed by atoms with van der Waals surface area (Å²) >= 11 is 1.37. The molecule has 5 nitrogen and oxygen atoms in total. The van der Waals surface area contributed by atoms with E-state index in [-0.39, 0.29) is 11.9 Å². The number of carbonyl (C=O) groups is 2. The van der Waals surface area contributed by atoms with Gasteiger partial charge >= 0.3 is 5.97 Å². The number of fused-ring (bicyclic) bond motifs is 1. The Hall–Kier alpha value is -2.39. The Morgan fingerprint density at radius 3 is 2.85 bits per heavy atom. The molecule has 1 amide bonds. The first-order valence-electron chi connectivity index (χ1n) is 9.44. The van der Waals surface area contributed by atoms with Crippen LogP contribution in [0, 0.1) is 18.3 Å². The number of hydrogen-bond donors (Lipinski definition) is 0. The largest absolute Gasteiger partial charge is 0.462 e. The molecule has 0 atom stereocenters. The highest BCUT2D eigenvalue weighted by atomic mass is 32.1. The molecule has 0 radical (unpaired) electrons. The van der Waals surface area contributed by atoms with Crippen molar-refractivity contribution in [2.24, 2.45) is 10.9 Å². The van der Waals surface area contributed by atoms with Crippen molar-refractivity contribution < 1.29 is 14.3 Å². The lowest BCUT2D eigenvalue weighted by atomic mass is 10.0. The molecular weight excluding hydrogens is 360 g/mol. The van der Waals surface area contributed by atoms with E-state index in [2.05, 4.69) is 10.9 Å². The Balaban J connectivity index is 1.88. The summed E-state index contributed by atoms with van der Waals surface area (Å²) in [6, 6.07) is 5.32. The van der Waals surface area contributed by atoms with Crippen LogP contribution in [-0.2, 0) is 16.1 Å². The summed E-state index contributed by atoms with van der Waals surface area (Å²) in [4.78, 5) is 29.2. The third-order valence-electron chi connectivity index (χ3n) is 4.90. The van der Waals surface area contributed by atoms with Gasteiger partial charge in [0.1, 0.15) is 0 Å². The summed E-state index contributed by atoms with van der Waals surface area (Å²) in [5.74, 6) is 2.81. The van der Waals surface area contributed by atoms with E-state index in [0.717, 1.165) is 16.6 Å². The van der Waals surface area contributed by atoms with Crippen LogP contribution in [-0.4, -0.2) is 23.1 Å². The molecule has 3 rings (SSSR count). The van der Waals surface area contributed by atoms with Gasteiger partial charge in [0, 0.05) is 6.42 Å². The zero-order valence-electron chi connectivity index (χ0n) is 15.6. The van der Waals surface area contributed by atoms with Crippen LogP contribution in [0.25, 0.3) is 10.2 Å². The summed E-state index contributed by atoms with van der Waals surface area (Å²) in [6.45, 7) is 2.43. The Morgan fingerprint density at radius 1 is 1.37 bits per heavy atom. The average molecular weight is 385 g/mol. The molecule has 0 aliphatic heterocycles. The molecule has 0 unspecified atom stereocenters. The summed E-state index contributed by atoms with van der Waals surface area (Å²) in [6.07, 6.45) is 11.9. The van der Waals surface area contributed by atoms with Crippen molar-refractivity contribution in [3.8, 4) is 12.3 Å². The number of ether oxygens (including phenoxy) is 1. The second-order valence-corrected chi connectivity index (χ2v) is 7.78. The SMILES string of the molecule is C#CCn1c(=NC(=O)CCC2CCCC2)sc2cc(C(=O)OCC)ccc21. The highest BCUT2D eigenvalue weighted by molar-refractivity contribution is 7.16. The monoisotopic (exact) mass is 384 g/mol. The number of aromatic nitrogens is 1. The molecule has 1 aromatic heterocycles. The van der Waals surface area contributed by atoms with Crippen molar-refractivity contribution in [1.29, 1.82) is 0 Å². The molecular formula is C21H24N2O3S. The van der Waals surface area contributed by atoms with Gasteiger partial charge in [0.25, 0.3) is 0 Å². The van der Waals surface area contributed by atoms with Crippen LogP contribution in [0.5, 0.6) is 0 Å². The zero-order chi connectivity index (χ0) is 19.2. The molecule has 1 aromatic carbocycles. The minimum Gasteiger partial charge on any atom is -0.462 e. The van der Waals surface area contributed by atoms with E-state index in [1.165, 1.54) is 37.0 Å². The van der Waals surface area contributed by atoms with E-state index >= 15 is 0 Å². The fourth-order valence-corrected chi connectivity index (χ4v) is 4.62. The predicted octanol–water partition coefficient (Wildman–Crippen LogP) is 3.91. The number of thiazole rings is 1. The molecule has 1 saturated carbocycles. The van der Waals surface area contributed by atoms with Crippen LogP contribution in [0.4, 0.5) is 0 Å². The number of benzene rings is 1. The molecule has 1 aliphatic rings. The summed E-state index contributed by atoms with van der Waals surface area (Å²) in [5, 5.41) is 0. The van der Waals surface area contributed by atoms with Gasteiger partial charge in [-0.25, -0.2) is 4.79 Å². The smallest absolute Gasteiger partial charge is 0.338 e. The van der Waals surface area contributed by atoms with E-state index in [1.807, 2.05) is 10.6 Å². The zero-order valence-corrected chi connectivity index (χ0v) is 16.4. The highest BCUT2D eigenvalue weighted by Crippen LogP contribution is 2.28. The van der Waals surface area contributed by atoms with Crippen molar-refractivity contribution in [1.82, 2.24) is 4.57 Å². The molecule has 0 N–H and O–H groups in total. The summed E-state index contributed by atoms with van der Waals surface area (Å²) in [5.41, 5.74) is 1.35. The van der Waals surface area contributed by atoms with Gasteiger partial charge in [0.05, 0.1) is 28.9 Å². The maximum Gasteiger partial charge on any atom is 0.338 e. The van der Waals surface area contributed by atoms with E-state index in [4.69, 9.17) is 11.2 Å². The van der Waals surface area contributed by atoms with Crippen molar-refractivity contribution in [2.75, 3.05) is 6.61 Å². The summed E-state index contributed by atoms with van der Waals surface area (Å²) < 4.78 is 7.76. The molecule has 142 valence electrons. The van der Waals surface area contributed by atoms with Crippen molar-refractivity contribution in [3.05, 3.63) is 28.6 Å². The third kappa shape index (κ3) is 4.67. The number of carbonyl (C=O) groups excluding carboxylic acids is 2. The molecule has 0 spiro atoms. The second kappa shape index (κ2) is 9.01. The maximum absolute atomic E-state index is 12.4. The van der Waals surface area contributed by atoms with Crippen LogP contribution < -0.4 is 4.80 Å². The average Bonchev–Trinajstić information content (AvgIpc) is 3.28. The lowest BCUT2D eigenvalue weighted by molar-refractivity contribution is -0.118. The topological polar surface area (TPSA) is 60.7 Å². The Kier molecular flexibility index (Phi) is 6.46. The van der Waals surface area contributed by atoms with Gasteiger partial charge < -0.3 is 9.30 Å². The van der Waals surface area contributed by atoms with Crippen LogP contribution in [0.1, 0.15) is 55.8 Å². The third-order valence-corrected chi connectivity index (χ3v) is 5.95. The van der Waals surface area contributed by atoms with Crippen molar-refractivity contribution >= 4 is 33.4 Å². The number of amides is 1. The van der Waals surface area contributed by atoms with Crippen LogP contribution >= 0.6 is 11.3 Å². The fourth-order valence-electron chi connectivity index (χ4n) is 3.53. The van der Waals surface area contributed by atoms with Gasteiger partial charge in [-0.3, -0.25) is 4.79 Å². The van der Waals surface area contributed by atoms with Gasteiger partial charge in [0.15, 0.2) is 4.80 Å². The molecule has 27 heavy (non-hydrogen) atoms. The number of hydrogen-bond acceptors (Lipinski definition) is 4. The van der Waals surface area contributed by atoms with Gasteiger partial charge in [-0.1, -0.05) is 42.9 Å². The predicted molar refractivity (Wildman–Crippen MR) is 106 cm³/mol. The Bertz CT molecular complexity index is 942. The quantitative estimate of drug-likeness (QED) is 0.560. The molecule has 0 bridgehead atoms. The first kappa shape index (κ1) is 19.4. The number of esters is 1.